The maximum Gasteiger partial charge on any atom is 0.282 e. The van der Waals surface area contributed by atoms with E-state index in [0.717, 1.165) is 5.39 Å². The van der Waals surface area contributed by atoms with Crippen molar-refractivity contribution in [3.8, 4) is 11.4 Å². The van der Waals surface area contributed by atoms with E-state index >= 15 is 0 Å². The van der Waals surface area contributed by atoms with Crippen molar-refractivity contribution in [1.29, 1.82) is 0 Å². The van der Waals surface area contributed by atoms with Crippen LogP contribution in [0.25, 0.3) is 22.3 Å². The highest BCUT2D eigenvalue weighted by Crippen LogP contribution is 2.32. The summed E-state index contributed by atoms with van der Waals surface area (Å²) in [6.07, 6.45) is -1.25. The number of rotatable bonds is 2. The minimum atomic E-state index is -3.29. The number of benzene rings is 1. The van der Waals surface area contributed by atoms with Crippen LogP contribution in [0.1, 0.15) is 12.1 Å². The van der Waals surface area contributed by atoms with Gasteiger partial charge in [0.1, 0.15) is 11.6 Å². The van der Waals surface area contributed by atoms with Crippen LogP contribution >= 0.6 is 0 Å². The fourth-order valence-electron chi connectivity index (χ4n) is 3.16. The molecule has 1 aliphatic heterocycles. The van der Waals surface area contributed by atoms with E-state index in [0.29, 0.717) is 28.4 Å². The maximum absolute atomic E-state index is 13.6. The van der Waals surface area contributed by atoms with Crippen molar-refractivity contribution < 1.29 is 17.6 Å². The molecule has 0 saturated carbocycles. The Morgan fingerprint density at radius 1 is 1.15 bits per heavy atom. The van der Waals surface area contributed by atoms with Gasteiger partial charge in [0.2, 0.25) is 0 Å². The molecule has 1 atom stereocenters. The van der Waals surface area contributed by atoms with Gasteiger partial charge >= 0.3 is 0 Å². The second kappa shape index (κ2) is 6.44. The summed E-state index contributed by atoms with van der Waals surface area (Å²) >= 11 is 0. The summed E-state index contributed by atoms with van der Waals surface area (Å²) in [7, 11) is 0. The first kappa shape index (κ1) is 17.6. The lowest BCUT2D eigenvalue weighted by Gasteiger charge is -2.35. The van der Waals surface area contributed by atoms with Crippen LogP contribution in [0.3, 0.4) is 0 Å². The number of nitrogens with zero attached hydrogens (tertiary/aromatic N) is 4. The summed E-state index contributed by atoms with van der Waals surface area (Å²) in [5.41, 5.74) is 1.80. The van der Waals surface area contributed by atoms with E-state index in [4.69, 9.17) is 0 Å². The molecule has 1 aromatic carbocycles. The number of aryl methyl sites for hydroxylation is 1. The van der Waals surface area contributed by atoms with Gasteiger partial charge in [0, 0.05) is 41.9 Å². The average Bonchev–Trinajstić information content (AvgIpc) is 2.64. The van der Waals surface area contributed by atoms with Gasteiger partial charge in [-0.05, 0) is 31.2 Å². The van der Waals surface area contributed by atoms with Gasteiger partial charge in [-0.25, -0.2) is 32.5 Å². The van der Waals surface area contributed by atoms with Gasteiger partial charge in [0.25, 0.3) is 5.92 Å². The summed E-state index contributed by atoms with van der Waals surface area (Å²) in [4.78, 5) is 14.5. The third-order valence-electron chi connectivity index (χ3n) is 4.73. The first-order chi connectivity index (χ1) is 12.8. The molecule has 140 valence electrons. The number of anilines is 1. The van der Waals surface area contributed by atoms with Crippen molar-refractivity contribution in [3.63, 3.8) is 0 Å². The highest BCUT2D eigenvalue weighted by atomic mass is 19.3. The lowest BCUT2D eigenvalue weighted by Crippen LogP contribution is -2.49. The van der Waals surface area contributed by atoms with E-state index in [1.165, 1.54) is 23.2 Å². The predicted octanol–water partition coefficient (Wildman–Crippen LogP) is 4.32. The highest BCUT2D eigenvalue weighted by molar-refractivity contribution is 5.82. The molecule has 2 aromatic heterocycles. The Morgan fingerprint density at radius 2 is 1.96 bits per heavy atom. The quantitative estimate of drug-likeness (QED) is 0.625. The van der Waals surface area contributed by atoms with Gasteiger partial charge in [0.05, 0.1) is 12.1 Å². The van der Waals surface area contributed by atoms with E-state index in [1.54, 1.807) is 18.2 Å². The molecule has 0 N–H and O–H groups in total. The van der Waals surface area contributed by atoms with E-state index in [9.17, 15) is 17.6 Å². The molecule has 0 aliphatic carbocycles. The topological polar surface area (TPSA) is 41.9 Å². The summed E-state index contributed by atoms with van der Waals surface area (Å²) in [6.45, 7) is 1.44. The monoisotopic (exact) mass is 376 g/mol. The molecule has 27 heavy (non-hydrogen) atoms. The Hall–Kier alpha value is -2.77. The summed E-state index contributed by atoms with van der Waals surface area (Å²) in [5, 5.41) is 0.757. The van der Waals surface area contributed by atoms with Crippen LogP contribution < -0.4 is 4.90 Å². The van der Waals surface area contributed by atoms with Gasteiger partial charge in [-0.15, -0.1) is 0 Å². The SMILES string of the molecule is Cc1nc(-c2ccc(N3CCC(F)(F)C(F)C3)nc2)nc2cc(F)ccc12. The normalized spacial score (nSPS) is 19.4. The number of hydrogen-bond acceptors (Lipinski definition) is 4. The van der Waals surface area contributed by atoms with Crippen LogP contribution in [-0.4, -0.2) is 40.1 Å². The molecule has 0 amide bonds. The van der Waals surface area contributed by atoms with E-state index in [-0.39, 0.29) is 12.4 Å². The molecule has 1 unspecified atom stereocenters. The Bertz CT molecular complexity index is 991. The molecule has 1 aliphatic rings. The predicted molar refractivity (Wildman–Crippen MR) is 94.1 cm³/mol. The van der Waals surface area contributed by atoms with Gasteiger partial charge in [-0.2, -0.15) is 0 Å². The Balaban J connectivity index is 1.62. The molecule has 4 rings (SSSR count). The number of aromatic nitrogens is 3. The number of alkyl halides is 3. The lowest BCUT2D eigenvalue weighted by molar-refractivity contribution is -0.0841. The Kier molecular flexibility index (Phi) is 4.20. The molecular formula is C19H16F4N4. The van der Waals surface area contributed by atoms with Crippen LogP contribution in [0.5, 0.6) is 0 Å². The van der Waals surface area contributed by atoms with Gasteiger partial charge < -0.3 is 4.90 Å². The molecule has 0 bridgehead atoms. The largest absolute Gasteiger partial charge is 0.353 e. The van der Waals surface area contributed by atoms with Crippen molar-refractivity contribution in [2.75, 3.05) is 18.0 Å². The van der Waals surface area contributed by atoms with Crippen LogP contribution in [0.2, 0.25) is 0 Å². The summed E-state index contributed by atoms with van der Waals surface area (Å²) < 4.78 is 53.7. The van der Waals surface area contributed by atoms with Crippen molar-refractivity contribution in [2.45, 2.75) is 25.4 Å². The molecule has 1 saturated heterocycles. The molecule has 3 aromatic rings. The maximum atomic E-state index is 13.6. The third kappa shape index (κ3) is 3.31. The highest BCUT2D eigenvalue weighted by Gasteiger charge is 2.44. The number of hydrogen-bond donors (Lipinski definition) is 0. The molecular weight excluding hydrogens is 360 g/mol. The number of piperidine rings is 1. The first-order valence-corrected chi connectivity index (χ1v) is 8.51. The minimum absolute atomic E-state index is 0.0324. The van der Waals surface area contributed by atoms with Gasteiger partial charge in [-0.1, -0.05) is 0 Å². The van der Waals surface area contributed by atoms with Crippen LogP contribution in [0, 0.1) is 12.7 Å². The standard InChI is InChI=1S/C19H16F4N4/c1-11-14-4-3-13(20)8-15(14)26-18(25-11)12-2-5-17(24-9-12)27-7-6-19(22,23)16(21)10-27/h2-5,8-9,16H,6-7,10H2,1H3. The Labute approximate surface area is 152 Å². The molecule has 4 nitrogen and oxygen atoms in total. The minimum Gasteiger partial charge on any atom is -0.353 e. The van der Waals surface area contributed by atoms with Crippen LogP contribution in [0.4, 0.5) is 23.4 Å². The molecule has 1 fully saturated rings. The zero-order valence-corrected chi connectivity index (χ0v) is 14.5. The second-order valence-electron chi connectivity index (χ2n) is 6.62. The van der Waals surface area contributed by atoms with Crippen molar-refractivity contribution in [2.24, 2.45) is 0 Å². The smallest absolute Gasteiger partial charge is 0.282 e. The number of fused-ring (bicyclic) bond motifs is 1. The fraction of sp³-hybridized carbons (Fsp3) is 0.316. The summed E-state index contributed by atoms with van der Waals surface area (Å²) in [5.74, 6) is -2.87. The average molecular weight is 376 g/mol. The zero-order valence-electron chi connectivity index (χ0n) is 14.5. The lowest BCUT2D eigenvalue weighted by atomic mass is 10.1. The number of pyridine rings is 1. The third-order valence-corrected chi connectivity index (χ3v) is 4.73. The van der Waals surface area contributed by atoms with Crippen molar-refractivity contribution in [1.82, 2.24) is 15.0 Å². The molecule has 0 spiro atoms. The zero-order chi connectivity index (χ0) is 19.2. The van der Waals surface area contributed by atoms with Gasteiger partial charge in [-0.3, -0.25) is 0 Å². The van der Waals surface area contributed by atoms with E-state index in [2.05, 4.69) is 15.0 Å². The molecule has 8 heteroatoms. The van der Waals surface area contributed by atoms with Crippen molar-refractivity contribution >= 4 is 16.7 Å². The van der Waals surface area contributed by atoms with Gasteiger partial charge in [0.15, 0.2) is 12.0 Å². The molecule has 3 heterocycles. The Morgan fingerprint density at radius 3 is 2.67 bits per heavy atom. The van der Waals surface area contributed by atoms with Crippen molar-refractivity contribution in [3.05, 3.63) is 48.0 Å². The molecule has 0 radical (unpaired) electrons. The first-order valence-electron chi connectivity index (χ1n) is 8.51. The second-order valence-corrected chi connectivity index (χ2v) is 6.62. The van der Waals surface area contributed by atoms with Crippen LogP contribution in [-0.2, 0) is 0 Å². The summed E-state index contributed by atoms with van der Waals surface area (Å²) in [6, 6.07) is 7.65. The van der Waals surface area contributed by atoms with Crippen LogP contribution in [0.15, 0.2) is 36.5 Å². The number of halogens is 4. The van der Waals surface area contributed by atoms with E-state index in [1.807, 2.05) is 6.92 Å². The van der Waals surface area contributed by atoms with E-state index < -0.39 is 25.1 Å². The fourth-order valence-corrected chi connectivity index (χ4v) is 3.16.